The Hall–Kier alpha value is -1.41. The van der Waals surface area contributed by atoms with Crippen molar-refractivity contribution in [2.75, 3.05) is 13.2 Å². The van der Waals surface area contributed by atoms with Gasteiger partial charge >= 0.3 is 0 Å². The largest absolute Gasteiger partial charge is 0.376 e. The lowest BCUT2D eigenvalue weighted by atomic mass is 10.1. The predicted octanol–water partition coefficient (Wildman–Crippen LogP) is 3.88. The van der Waals surface area contributed by atoms with E-state index >= 15 is 0 Å². The molecule has 0 aliphatic carbocycles. The molecule has 0 spiro atoms. The second-order valence-corrected chi connectivity index (χ2v) is 4.45. The van der Waals surface area contributed by atoms with Crippen molar-refractivity contribution in [1.29, 1.82) is 0 Å². The highest BCUT2D eigenvalue weighted by atomic mass is 16.5. The lowest BCUT2D eigenvalue weighted by Crippen LogP contribution is -2.04. The molecular weight excluding hydrogens is 222 g/mol. The van der Waals surface area contributed by atoms with E-state index in [1.54, 1.807) is 0 Å². The predicted molar refractivity (Wildman–Crippen MR) is 78.1 cm³/mol. The number of benzene rings is 1. The van der Waals surface area contributed by atoms with Gasteiger partial charge in [0.25, 0.3) is 0 Å². The highest BCUT2D eigenvalue weighted by Gasteiger charge is 1.98. The Morgan fingerprint density at radius 1 is 1.33 bits per heavy atom. The number of allylic oxidation sites excluding steroid dienone is 1. The first-order valence-electron chi connectivity index (χ1n) is 6.53. The molecule has 0 radical (unpaired) electrons. The molecule has 0 saturated heterocycles. The minimum Gasteiger partial charge on any atom is -0.376 e. The van der Waals surface area contributed by atoms with Crippen LogP contribution in [0.5, 0.6) is 0 Å². The van der Waals surface area contributed by atoms with Gasteiger partial charge < -0.3 is 4.74 Å². The van der Waals surface area contributed by atoms with E-state index in [1.165, 1.54) is 5.56 Å². The normalized spacial score (nSPS) is 14.1. The number of hydrogen-bond donors (Lipinski definition) is 0. The number of nitrogens with zero attached hydrogens (tertiary/aromatic N) is 1. The molecule has 0 fully saturated rings. The van der Waals surface area contributed by atoms with Gasteiger partial charge in [0.15, 0.2) is 0 Å². The smallest absolute Gasteiger partial charge is 0.0717 e. The van der Waals surface area contributed by atoms with Crippen LogP contribution in [0.4, 0.5) is 0 Å². The first-order valence-corrected chi connectivity index (χ1v) is 6.53. The van der Waals surface area contributed by atoms with Gasteiger partial charge in [0.05, 0.1) is 13.2 Å². The van der Waals surface area contributed by atoms with Crippen LogP contribution in [-0.2, 0) is 11.3 Å². The molecule has 0 saturated carbocycles. The van der Waals surface area contributed by atoms with Crippen LogP contribution in [0.1, 0.15) is 26.3 Å². The summed E-state index contributed by atoms with van der Waals surface area (Å²) < 4.78 is 5.68. The summed E-state index contributed by atoms with van der Waals surface area (Å²) in [6, 6.07) is 10.3. The first kappa shape index (κ1) is 14.7. The van der Waals surface area contributed by atoms with Crippen molar-refractivity contribution in [3.8, 4) is 0 Å². The molecule has 1 aromatic carbocycles. The van der Waals surface area contributed by atoms with E-state index in [-0.39, 0.29) is 0 Å². The van der Waals surface area contributed by atoms with Gasteiger partial charge in [0, 0.05) is 12.3 Å². The average Bonchev–Trinajstić information content (AvgIpc) is 2.38. The molecule has 0 aliphatic rings. The molecule has 2 heteroatoms. The minimum atomic E-state index is 0.413. The Morgan fingerprint density at radius 3 is 2.72 bits per heavy atom. The monoisotopic (exact) mass is 245 g/mol. The molecule has 0 heterocycles. The molecule has 2 nitrogen and oxygen atoms in total. The topological polar surface area (TPSA) is 21.6 Å². The zero-order valence-corrected chi connectivity index (χ0v) is 11.6. The zero-order valence-electron chi connectivity index (χ0n) is 11.6. The molecule has 0 amide bonds. The van der Waals surface area contributed by atoms with Gasteiger partial charge in [-0.2, -0.15) is 0 Å². The van der Waals surface area contributed by atoms with Crippen molar-refractivity contribution in [1.82, 2.24) is 0 Å². The zero-order chi connectivity index (χ0) is 13.2. The third-order valence-corrected chi connectivity index (χ3v) is 2.57. The maximum absolute atomic E-state index is 5.68. The number of hydrogen-bond acceptors (Lipinski definition) is 2. The van der Waals surface area contributed by atoms with Crippen LogP contribution in [-0.4, -0.2) is 18.9 Å². The molecule has 0 aliphatic heterocycles. The summed E-state index contributed by atoms with van der Waals surface area (Å²) in [6.45, 7) is 8.49. The third kappa shape index (κ3) is 6.36. The van der Waals surface area contributed by atoms with E-state index < -0.39 is 0 Å². The van der Waals surface area contributed by atoms with E-state index in [0.29, 0.717) is 12.5 Å². The van der Waals surface area contributed by atoms with E-state index in [2.05, 4.69) is 36.2 Å². The van der Waals surface area contributed by atoms with Gasteiger partial charge in [-0.25, -0.2) is 0 Å². The molecule has 0 N–H and O–H groups in total. The Balaban J connectivity index is 2.25. The Kier molecular flexibility index (Phi) is 7.04. The summed E-state index contributed by atoms with van der Waals surface area (Å²) in [5, 5.41) is 0. The van der Waals surface area contributed by atoms with Gasteiger partial charge in [0.1, 0.15) is 0 Å². The van der Waals surface area contributed by atoms with Crippen LogP contribution >= 0.6 is 0 Å². The molecule has 1 atom stereocenters. The van der Waals surface area contributed by atoms with Crippen LogP contribution < -0.4 is 0 Å². The summed E-state index contributed by atoms with van der Waals surface area (Å²) in [4.78, 5) is 4.31. The molecule has 18 heavy (non-hydrogen) atoms. The van der Waals surface area contributed by atoms with E-state index in [9.17, 15) is 0 Å². The molecular formula is C16H23NO. The number of aliphatic imine (C=N–C) groups is 1. The molecule has 1 unspecified atom stereocenters. The fourth-order valence-corrected chi connectivity index (χ4v) is 1.60. The lowest BCUT2D eigenvalue weighted by Gasteiger charge is -2.08. The first-order chi connectivity index (χ1) is 8.72. The van der Waals surface area contributed by atoms with Gasteiger partial charge in [-0.15, -0.1) is 0 Å². The second kappa shape index (κ2) is 8.65. The fourth-order valence-electron chi connectivity index (χ4n) is 1.60. The van der Waals surface area contributed by atoms with Crippen molar-refractivity contribution in [2.24, 2.45) is 10.9 Å². The Labute approximate surface area is 110 Å². The number of ether oxygens (including phenoxy) is 1. The van der Waals surface area contributed by atoms with Crippen LogP contribution in [0.3, 0.4) is 0 Å². The standard InChI is InChI=1S/C16H23NO/c1-4-17-15(3)11-10-14(2)12-18-13-16-8-6-5-7-9-16/h5-11,14H,4,12-13H2,1-3H3/b11-10-,17-15?. The van der Waals surface area contributed by atoms with Crippen LogP contribution in [0.25, 0.3) is 0 Å². The Bertz CT molecular complexity index is 381. The van der Waals surface area contributed by atoms with Crippen molar-refractivity contribution in [2.45, 2.75) is 27.4 Å². The van der Waals surface area contributed by atoms with Crippen molar-refractivity contribution < 1.29 is 4.74 Å². The van der Waals surface area contributed by atoms with Crippen molar-refractivity contribution in [3.05, 3.63) is 48.0 Å². The van der Waals surface area contributed by atoms with Crippen LogP contribution in [0, 0.1) is 5.92 Å². The van der Waals surface area contributed by atoms with Gasteiger partial charge in [0.2, 0.25) is 0 Å². The molecule has 0 aromatic heterocycles. The summed E-state index contributed by atoms with van der Waals surface area (Å²) in [5.41, 5.74) is 2.30. The molecule has 98 valence electrons. The molecule has 0 bridgehead atoms. The SMILES string of the molecule is CCN=C(C)/C=C\C(C)COCc1ccccc1. The number of rotatable bonds is 7. The Morgan fingerprint density at radius 2 is 2.06 bits per heavy atom. The maximum Gasteiger partial charge on any atom is 0.0717 e. The quantitative estimate of drug-likeness (QED) is 0.668. The van der Waals surface area contributed by atoms with Crippen molar-refractivity contribution in [3.63, 3.8) is 0 Å². The summed E-state index contributed by atoms with van der Waals surface area (Å²) in [6.07, 6.45) is 4.22. The maximum atomic E-state index is 5.68. The third-order valence-electron chi connectivity index (χ3n) is 2.57. The van der Waals surface area contributed by atoms with Gasteiger partial charge in [-0.05, 0) is 31.4 Å². The fraction of sp³-hybridized carbons (Fsp3) is 0.438. The highest BCUT2D eigenvalue weighted by Crippen LogP contribution is 2.04. The summed E-state index contributed by atoms with van der Waals surface area (Å²) >= 11 is 0. The van der Waals surface area contributed by atoms with Crippen LogP contribution in [0.2, 0.25) is 0 Å². The van der Waals surface area contributed by atoms with E-state index in [0.717, 1.165) is 18.9 Å². The second-order valence-electron chi connectivity index (χ2n) is 4.45. The minimum absolute atomic E-state index is 0.413. The average molecular weight is 245 g/mol. The van der Waals surface area contributed by atoms with E-state index in [1.807, 2.05) is 32.0 Å². The van der Waals surface area contributed by atoms with Crippen molar-refractivity contribution >= 4 is 5.71 Å². The molecule has 1 aromatic rings. The summed E-state index contributed by atoms with van der Waals surface area (Å²) in [5.74, 6) is 0.413. The highest BCUT2D eigenvalue weighted by molar-refractivity contribution is 5.92. The van der Waals surface area contributed by atoms with Gasteiger partial charge in [-0.3, -0.25) is 4.99 Å². The lowest BCUT2D eigenvalue weighted by molar-refractivity contribution is 0.104. The van der Waals surface area contributed by atoms with Gasteiger partial charge in [-0.1, -0.05) is 43.3 Å². The van der Waals surface area contributed by atoms with E-state index in [4.69, 9.17) is 4.74 Å². The van der Waals surface area contributed by atoms with Crippen LogP contribution in [0.15, 0.2) is 47.5 Å². The summed E-state index contributed by atoms with van der Waals surface area (Å²) in [7, 11) is 0. The molecule has 1 rings (SSSR count).